The number of benzene rings is 1. The molecule has 2 aromatic rings. The van der Waals surface area contributed by atoms with Gasteiger partial charge in [0, 0.05) is 51.0 Å². The van der Waals surface area contributed by atoms with Gasteiger partial charge < -0.3 is 16.0 Å². The van der Waals surface area contributed by atoms with Crippen molar-refractivity contribution in [2.24, 2.45) is 5.73 Å². The molecule has 3 N–H and O–H groups in total. The molecule has 1 unspecified atom stereocenters. The number of carbonyl (C=O) groups is 2. The van der Waals surface area contributed by atoms with Crippen LogP contribution in [-0.2, 0) is 17.9 Å². The summed E-state index contributed by atoms with van der Waals surface area (Å²) in [5, 5.41) is 7.13. The van der Waals surface area contributed by atoms with E-state index in [0.717, 1.165) is 17.7 Å². The number of primary amides is 1. The van der Waals surface area contributed by atoms with Gasteiger partial charge in [-0.2, -0.15) is 5.10 Å². The van der Waals surface area contributed by atoms with E-state index in [9.17, 15) is 9.59 Å². The summed E-state index contributed by atoms with van der Waals surface area (Å²) < 4.78 is 1.83. The average molecular weight is 370 g/mol. The third-order valence-corrected chi connectivity index (χ3v) is 4.81. The largest absolute Gasteiger partial charge is 0.368 e. The lowest BCUT2D eigenvalue weighted by Gasteiger charge is -2.38. The highest BCUT2D eigenvalue weighted by Crippen LogP contribution is 2.21. The third kappa shape index (κ3) is 4.65. The van der Waals surface area contributed by atoms with Crippen molar-refractivity contribution in [2.45, 2.75) is 26.1 Å². The molecule has 1 aliphatic heterocycles. The van der Waals surface area contributed by atoms with E-state index in [1.807, 2.05) is 53.0 Å². The minimum atomic E-state index is -0.462. The van der Waals surface area contributed by atoms with Crippen molar-refractivity contribution in [1.82, 2.24) is 24.9 Å². The van der Waals surface area contributed by atoms with Crippen LogP contribution in [0.3, 0.4) is 0 Å². The number of nitrogens with zero attached hydrogens (tertiary/aromatic N) is 4. The number of aryl methyl sites for hydroxylation is 1. The molecule has 144 valence electrons. The Hall–Kier alpha value is -2.87. The molecule has 3 amide bonds. The normalized spacial score (nSPS) is 16.1. The van der Waals surface area contributed by atoms with Crippen molar-refractivity contribution in [3.8, 4) is 0 Å². The summed E-state index contributed by atoms with van der Waals surface area (Å²) in [6.07, 6.45) is 3.69. The van der Waals surface area contributed by atoms with E-state index in [1.54, 1.807) is 11.1 Å². The highest BCUT2D eigenvalue weighted by Gasteiger charge is 2.30. The molecule has 1 fully saturated rings. The summed E-state index contributed by atoms with van der Waals surface area (Å²) in [5.41, 5.74) is 7.50. The zero-order valence-corrected chi connectivity index (χ0v) is 15.5. The van der Waals surface area contributed by atoms with Crippen LogP contribution in [0.1, 0.15) is 24.1 Å². The smallest absolute Gasteiger partial charge is 0.317 e. The standard InChI is InChI=1S/C19H26N6O2/c1-2-25-14-15(13-22-25)12-21-19(27)24-10-8-23(9-11-24)17(18(20)26)16-6-4-3-5-7-16/h3-7,13-14,17H,2,8-12H2,1H3,(H2,20,26)(H,21,27). The maximum atomic E-state index is 12.4. The second kappa shape index (κ2) is 8.68. The van der Waals surface area contributed by atoms with Crippen LogP contribution in [0.25, 0.3) is 0 Å². The number of aromatic nitrogens is 2. The van der Waals surface area contributed by atoms with Crippen molar-refractivity contribution in [3.05, 3.63) is 53.9 Å². The molecule has 1 aromatic heterocycles. The summed E-state index contributed by atoms with van der Waals surface area (Å²) in [4.78, 5) is 28.2. The highest BCUT2D eigenvalue weighted by molar-refractivity contribution is 5.81. The second-order valence-electron chi connectivity index (χ2n) is 6.60. The second-order valence-corrected chi connectivity index (χ2v) is 6.60. The summed E-state index contributed by atoms with van der Waals surface area (Å²) in [6, 6.07) is 8.96. The molecule has 1 aliphatic rings. The molecule has 1 atom stereocenters. The monoisotopic (exact) mass is 370 g/mol. The lowest BCUT2D eigenvalue weighted by molar-refractivity contribution is -0.124. The molecule has 8 nitrogen and oxygen atoms in total. The van der Waals surface area contributed by atoms with Crippen LogP contribution < -0.4 is 11.1 Å². The van der Waals surface area contributed by atoms with Crippen molar-refractivity contribution < 1.29 is 9.59 Å². The van der Waals surface area contributed by atoms with Crippen molar-refractivity contribution >= 4 is 11.9 Å². The van der Waals surface area contributed by atoms with Crippen LogP contribution in [0.2, 0.25) is 0 Å². The summed E-state index contributed by atoms with van der Waals surface area (Å²) in [7, 11) is 0. The Balaban J connectivity index is 1.52. The molecule has 3 rings (SSSR count). The van der Waals surface area contributed by atoms with E-state index in [-0.39, 0.29) is 11.9 Å². The van der Waals surface area contributed by atoms with Crippen LogP contribution in [0.15, 0.2) is 42.7 Å². The van der Waals surface area contributed by atoms with E-state index in [4.69, 9.17) is 5.73 Å². The Kier molecular flexibility index (Phi) is 6.08. The first-order valence-electron chi connectivity index (χ1n) is 9.21. The highest BCUT2D eigenvalue weighted by atomic mass is 16.2. The Morgan fingerprint density at radius 1 is 1.19 bits per heavy atom. The predicted molar refractivity (Wildman–Crippen MR) is 102 cm³/mol. The van der Waals surface area contributed by atoms with Gasteiger partial charge in [-0.05, 0) is 12.5 Å². The molecular formula is C19H26N6O2. The minimum absolute atomic E-state index is 0.103. The lowest BCUT2D eigenvalue weighted by atomic mass is 10.0. The topological polar surface area (TPSA) is 96.5 Å². The average Bonchev–Trinajstić information content (AvgIpc) is 3.15. The molecular weight excluding hydrogens is 344 g/mol. The first-order chi connectivity index (χ1) is 13.1. The molecule has 0 saturated carbocycles. The number of carbonyl (C=O) groups excluding carboxylic acids is 2. The molecule has 1 saturated heterocycles. The van der Waals surface area contributed by atoms with Crippen LogP contribution in [-0.4, -0.2) is 57.7 Å². The van der Waals surface area contributed by atoms with E-state index in [1.165, 1.54) is 0 Å². The van der Waals surface area contributed by atoms with Gasteiger partial charge in [0.25, 0.3) is 0 Å². The Morgan fingerprint density at radius 3 is 2.48 bits per heavy atom. The van der Waals surface area contributed by atoms with Crippen molar-refractivity contribution in [3.63, 3.8) is 0 Å². The predicted octanol–water partition coefficient (Wildman–Crippen LogP) is 0.957. The van der Waals surface area contributed by atoms with Crippen molar-refractivity contribution in [1.29, 1.82) is 0 Å². The van der Waals surface area contributed by atoms with E-state index < -0.39 is 6.04 Å². The maximum absolute atomic E-state index is 12.4. The Morgan fingerprint density at radius 2 is 1.89 bits per heavy atom. The van der Waals surface area contributed by atoms with Crippen LogP contribution in [0.4, 0.5) is 4.79 Å². The van der Waals surface area contributed by atoms with Gasteiger partial charge in [-0.1, -0.05) is 30.3 Å². The summed E-state index contributed by atoms with van der Waals surface area (Å²) in [5.74, 6) is -0.368. The first-order valence-corrected chi connectivity index (χ1v) is 9.21. The van der Waals surface area contributed by atoms with Gasteiger partial charge >= 0.3 is 6.03 Å². The van der Waals surface area contributed by atoms with E-state index >= 15 is 0 Å². The number of urea groups is 1. The zero-order chi connectivity index (χ0) is 19.2. The van der Waals surface area contributed by atoms with Gasteiger partial charge in [0.2, 0.25) is 5.91 Å². The number of piperazine rings is 1. The molecule has 2 heterocycles. The minimum Gasteiger partial charge on any atom is -0.368 e. The molecule has 0 aliphatic carbocycles. The number of rotatable bonds is 6. The molecule has 0 radical (unpaired) electrons. The van der Waals surface area contributed by atoms with Gasteiger partial charge in [-0.25, -0.2) is 4.79 Å². The third-order valence-electron chi connectivity index (χ3n) is 4.81. The first kappa shape index (κ1) is 18.9. The SMILES string of the molecule is CCn1cc(CNC(=O)N2CCN(C(C(N)=O)c3ccccc3)CC2)cn1. The van der Waals surface area contributed by atoms with Gasteiger partial charge in [0.1, 0.15) is 6.04 Å². The molecule has 1 aromatic carbocycles. The number of nitrogens with two attached hydrogens (primary N) is 1. The van der Waals surface area contributed by atoms with Gasteiger partial charge in [0.05, 0.1) is 6.20 Å². The fourth-order valence-corrected chi connectivity index (χ4v) is 3.33. The molecule has 0 bridgehead atoms. The fraction of sp³-hybridized carbons (Fsp3) is 0.421. The van der Waals surface area contributed by atoms with Crippen LogP contribution >= 0.6 is 0 Å². The Bertz CT molecular complexity index is 768. The quantitative estimate of drug-likeness (QED) is 0.791. The lowest BCUT2D eigenvalue weighted by Crippen LogP contribution is -2.53. The van der Waals surface area contributed by atoms with Gasteiger partial charge in [-0.3, -0.25) is 14.4 Å². The van der Waals surface area contributed by atoms with Crippen LogP contribution in [0.5, 0.6) is 0 Å². The number of amides is 3. The number of hydrogen-bond acceptors (Lipinski definition) is 4. The van der Waals surface area contributed by atoms with E-state index in [2.05, 4.69) is 10.4 Å². The molecule has 27 heavy (non-hydrogen) atoms. The summed E-state index contributed by atoms with van der Waals surface area (Å²) >= 11 is 0. The number of hydrogen-bond donors (Lipinski definition) is 2. The number of nitrogens with one attached hydrogen (secondary N) is 1. The van der Waals surface area contributed by atoms with Crippen molar-refractivity contribution in [2.75, 3.05) is 26.2 Å². The Labute approximate surface area is 158 Å². The van der Waals surface area contributed by atoms with E-state index in [0.29, 0.717) is 32.7 Å². The van der Waals surface area contributed by atoms with Gasteiger partial charge in [-0.15, -0.1) is 0 Å². The molecule has 0 spiro atoms. The van der Waals surface area contributed by atoms with Gasteiger partial charge in [0.15, 0.2) is 0 Å². The van der Waals surface area contributed by atoms with Crippen LogP contribution in [0, 0.1) is 0 Å². The summed E-state index contributed by atoms with van der Waals surface area (Å²) in [6.45, 7) is 5.58. The maximum Gasteiger partial charge on any atom is 0.317 e. The fourth-order valence-electron chi connectivity index (χ4n) is 3.33. The zero-order valence-electron chi connectivity index (χ0n) is 15.5. The molecule has 8 heteroatoms.